The molecule has 31 heavy (non-hydrogen) atoms. The molecule has 6 heteroatoms. The number of benzene rings is 1. The standard InChI is InChI=1S/C25H34ClN3O2/c1-2-24(31)29-7-5-28(6-8-29)22-4-3-20(12-21(22)26)27-23(30)16-25-13-17-9-18(14-25)11-19(10-17)15-25/h3-4,12,17-19H,2,5-11,13-16H2,1H3,(H,27,30). The van der Waals surface area contributed by atoms with Gasteiger partial charge in [-0.15, -0.1) is 0 Å². The van der Waals surface area contributed by atoms with E-state index in [1.807, 2.05) is 30.0 Å². The van der Waals surface area contributed by atoms with Gasteiger partial charge in [-0.25, -0.2) is 0 Å². The molecule has 0 radical (unpaired) electrons. The number of carbonyl (C=O) groups excluding carboxylic acids is 2. The number of amides is 2. The quantitative estimate of drug-likeness (QED) is 0.700. The number of anilines is 2. The Balaban J connectivity index is 1.19. The summed E-state index contributed by atoms with van der Waals surface area (Å²) in [7, 11) is 0. The van der Waals surface area contributed by atoms with Crippen molar-refractivity contribution in [1.82, 2.24) is 4.90 Å². The van der Waals surface area contributed by atoms with Crippen molar-refractivity contribution in [2.24, 2.45) is 23.2 Å². The molecule has 0 atom stereocenters. The summed E-state index contributed by atoms with van der Waals surface area (Å²) in [6.07, 6.45) is 9.16. The molecular weight excluding hydrogens is 410 g/mol. The van der Waals surface area contributed by atoms with Crippen molar-refractivity contribution in [3.05, 3.63) is 23.2 Å². The predicted molar refractivity (Wildman–Crippen MR) is 124 cm³/mol. The van der Waals surface area contributed by atoms with E-state index >= 15 is 0 Å². The molecule has 168 valence electrons. The van der Waals surface area contributed by atoms with Crippen molar-refractivity contribution >= 4 is 34.8 Å². The maximum absolute atomic E-state index is 12.9. The van der Waals surface area contributed by atoms with E-state index in [1.165, 1.54) is 38.5 Å². The lowest BCUT2D eigenvalue weighted by Gasteiger charge is -2.56. The third-order valence-electron chi connectivity index (χ3n) is 8.21. The van der Waals surface area contributed by atoms with Crippen LogP contribution in [0.25, 0.3) is 0 Å². The smallest absolute Gasteiger partial charge is 0.224 e. The fourth-order valence-corrected chi connectivity index (χ4v) is 7.61. The highest BCUT2D eigenvalue weighted by molar-refractivity contribution is 6.33. The molecule has 1 N–H and O–H groups in total. The number of carbonyl (C=O) groups is 2. The second kappa shape index (κ2) is 8.31. The Labute approximate surface area is 190 Å². The predicted octanol–water partition coefficient (Wildman–Crippen LogP) is 4.94. The van der Waals surface area contributed by atoms with E-state index in [4.69, 9.17) is 11.6 Å². The largest absolute Gasteiger partial charge is 0.367 e. The van der Waals surface area contributed by atoms with Gasteiger partial charge in [0.15, 0.2) is 0 Å². The van der Waals surface area contributed by atoms with Crippen LogP contribution < -0.4 is 10.2 Å². The maximum Gasteiger partial charge on any atom is 0.224 e. The van der Waals surface area contributed by atoms with Crippen molar-refractivity contribution in [1.29, 1.82) is 0 Å². The van der Waals surface area contributed by atoms with Crippen LogP contribution in [0.1, 0.15) is 58.3 Å². The molecule has 4 bridgehead atoms. The topological polar surface area (TPSA) is 52.7 Å². The van der Waals surface area contributed by atoms with Crippen molar-refractivity contribution in [2.75, 3.05) is 36.4 Å². The van der Waals surface area contributed by atoms with E-state index in [1.54, 1.807) is 0 Å². The first-order chi connectivity index (χ1) is 14.9. The fraction of sp³-hybridized carbons (Fsp3) is 0.680. The molecule has 4 saturated carbocycles. The van der Waals surface area contributed by atoms with Gasteiger partial charge in [-0.3, -0.25) is 9.59 Å². The van der Waals surface area contributed by atoms with Crippen molar-refractivity contribution < 1.29 is 9.59 Å². The van der Waals surface area contributed by atoms with Crippen LogP contribution in [-0.4, -0.2) is 42.9 Å². The first-order valence-corrected chi connectivity index (χ1v) is 12.4. The van der Waals surface area contributed by atoms with Gasteiger partial charge in [-0.2, -0.15) is 0 Å². The molecule has 6 rings (SSSR count). The summed E-state index contributed by atoms with van der Waals surface area (Å²) in [5.74, 6) is 2.93. The summed E-state index contributed by atoms with van der Waals surface area (Å²) in [4.78, 5) is 29.0. The van der Waals surface area contributed by atoms with E-state index in [9.17, 15) is 9.59 Å². The van der Waals surface area contributed by atoms with Gasteiger partial charge < -0.3 is 15.1 Å². The minimum absolute atomic E-state index is 0.137. The summed E-state index contributed by atoms with van der Waals surface area (Å²) in [6, 6.07) is 5.83. The summed E-state index contributed by atoms with van der Waals surface area (Å²) in [5, 5.41) is 3.78. The fourth-order valence-electron chi connectivity index (χ4n) is 7.31. The second-order valence-electron chi connectivity index (χ2n) is 10.5. The number of hydrogen-bond acceptors (Lipinski definition) is 3. The van der Waals surface area contributed by atoms with Gasteiger partial charge in [0.05, 0.1) is 10.7 Å². The van der Waals surface area contributed by atoms with Gasteiger partial charge in [0.25, 0.3) is 0 Å². The monoisotopic (exact) mass is 443 g/mol. The Morgan fingerprint density at radius 1 is 1.03 bits per heavy atom. The number of rotatable bonds is 5. The van der Waals surface area contributed by atoms with Crippen LogP contribution in [0.4, 0.5) is 11.4 Å². The molecule has 5 fully saturated rings. The average Bonchev–Trinajstić information content (AvgIpc) is 2.72. The Kier molecular flexibility index (Phi) is 5.66. The number of piperazine rings is 1. The van der Waals surface area contributed by atoms with Crippen LogP contribution in [-0.2, 0) is 9.59 Å². The highest BCUT2D eigenvalue weighted by Gasteiger charge is 2.51. The van der Waals surface area contributed by atoms with E-state index in [0.717, 1.165) is 55.3 Å². The SMILES string of the molecule is CCC(=O)N1CCN(c2ccc(NC(=O)CC34CC5CC(CC(C5)C3)C4)cc2Cl)CC1. The van der Waals surface area contributed by atoms with Gasteiger partial charge in [-0.1, -0.05) is 18.5 Å². The van der Waals surface area contributed by atoms with Crippen molar-refractivity contribution in [2.45, 2.75) is 58.3 Å². The van der Waals surface area contributed by atoms with E-state index < -0.39 is 0 Å². The minimum Gasteiger partial charge on any atom is -0.367 e. The summed E-state index contributed by atoms with van der Waals surface area (Å²) in [6.45, 7) is 4.92. The van der Waals surface area contributed by atoms with Gasteiger partial charge in [-0.05, 0) is 79.9 Å². The molecule has 0 unspecified atom stereocenters. The lowest BCUT2D eigenvalue weighted by molar-refractivity contribution is -0.131. The first-order valence-electron chi connectivity index (χ1n) is 12.1. The molecule has 1 heterocycles. The van der Waals surface area contributed by atoms with Gasteiger partial charge in [0.1, 0.15) is 0 Å². The Bertz CT molecular complexity index is 827. The van der Waals surface area contributed by atoms with Crippen LogP contribution in [0.5, 0.6) is 0 Å². The molecule has 0 aromatic heterocycles. The summed E-state index contributed by atoms with van der Waals surface area (Å²) >= 11 is 6.60. The van der Waals surface area contributed by atoms with Crippen LogP contribution >= 0.6 is 11.6 Å². The molecule has 1 aromatic carbocycles. The molecule has 0 spiro atoms. The van der Waals surface area contributed by atoms with Crippen LogP contribution in [0.3, 0.4) is 0 Å². The van der Waals surface area contributed by atoms with Gasteiger partial charge in [0.2, 0.25) is 11.8 Å². The summed E-state index contributed by atoms with van der Waals surface area (Å²) in [5.41, 5.74) is 2.01. The average molecular weight is 444 g/mol. The normalized spacial score (nSPS) is 31.7. The van der Waals surface area contributed by atoms with E-state index in [-0.39, 0.29) is 17.2 Å². The van der Waals surface area contributed by atoms with Crippen LogP contribution in [0, 0.1) is 23.2 Å². The van der Waals surface area contributed by atoms with Gasteiger partial charge >= 0.3 is 0 Å². The molecule has 2 amide bonds. The van der Waals surface area contributed by atoms with Crippen molar-refractivity contribution in [3.8, 4) is 0 Å². The van der Waals surface area contributed by atoms with Crippen LogP contribution in [0.15, 0.2) is 18.2 Å². The third kappa shape index (κ3) is 4.30. The molecule has 5 nitrogen and oxygen atoms in total. The third-order valence-corrected chi connectivity index (χ3v) is 8.51. The van der Waals surface area contributed by atoms with Crippen molar-refractivity contribution in [3.63, 3.8) is 0 Å². The molecule has 5 aliphatic rings. The second-order valence-corrected chi connectivity index (χ2v) is 10.9. The maximum atomic E-state index is 12.9. The zero-order chi connectivity index (χ0) is 21.6. The summed E-state index contributed by atoms with van der Waals surface area (Å²) < 4.78 is 0. The zero-order valence-corrected chi connectivity index (χ0v) is 19.3. The highest BCUT2D eigenvalue weighted by atomic mass is 35.5. The Morgan fingerprint density at radius 3 is 2.19 bits per heavy atom. The molecular formula is C25H34ClN3O2. The number of halogens is 1. The lowest BCUT2D eigenvalue weighted by atomic mass is 9.49. The highest BCUT2D eigenvalue weighted by Crippen LogP contribution is 2.61. The molecule has 1 aliphatic heterocycles. The first kappa shape index (κ1) is 21.1. The molecule has 1 aromatic rings. The zero-order valence-electron chi connectivity index (χ0n) is 18.5. The van der Waals surface area contributed by atoms with Gasteiger partial charge in [0, 0.05) is 44.7 Å². The Hall–Kier alpha value is -1.75. The minimum atomic E-state index is 0.137. The Morgan fingerprint density at radius 2 is 1.65 bits per heavy atom. The number of nitrogens with one attached hydrogen (secondary N) is 1. The van der Waals surface area contributed by atoms with Crippen LogP contribution in [0.2, 0.25) is 5.02 Å². The lowest BCUT2D eigenvalue weighted by Crippen LogP contribution is -2.48. The number of nitrogens with zero attached hydrogens (tertiary/aromatic N) is 2. The molecule has 4 aliphatic carbocycles. The molecule has 1 saturated heterocycles. The van der Waals surface area contributed by atoms with E-state index in [2.05, 4.69) is 10.2 Å². The number of hydrogen-bond donors (Lipinski definition) is 1. The van der Waals surface area contributed by atoms with E-state index in [0.29, 0.717) is 17.9 Å².